The highest BCUT2D eigenvalue weighted by Crippen LogP contribution is 2.15. The molecule has 3 N–H and O–H groups in total. The van der Waals surface area contributed by atoms with Gasteiger partial charge in [-0.3, -0.25) is 0 Å². The van der Waals surface area contributed by atoms with Crippen LogP contribution in [0.15, 0.2) is 24.3 Å². The smallest absolute Gasteiger partial charge is 0.165 e. The standard InChI is InChI=1S/C10H13N5O/c1-7(2-3-16)4-15-6-14-8-9(11)12-5-13-10(8)15/h2,5-6,16H,3-4H2,1H3,(H2,11,12,13)/b7-2+. The van der Waals surface area contributed by atoms with Crippen LogP contribution in [-0.2, 0) is 6.54 Å². The van der Waals surface area contributed by atoms with Crippen LogP contribution in [0.4, 0.5) is 5.82 Å². The number of nitrogen functional groups attached to an aromatic ring is 1. The summed E-state index contributed by atoms with van der Waals surface area (Å²) in [4.78, 5) is 12.2. The van der Waals surface area contributed by atoms with Gasteiger partial charge in [-0.05, 0) is 6.92 Å². The van der Waals surface area contributed by atoms with Crippen LogP contribution in [0.5, 0.6) is 0 Å². The zero-order valence-electron chi connectivity index (χ0n) is 8.96. The van der Waals surface area contributed by atoms with Crippen LogP contribution >= 0.6 is 0 Å². The first-order valence-electron chi connectivity index (χ1n) is 4.90. The number of hydrogen-bond donors (Lipinski definition) is 2. The lowest BCUT2D eigenvalue weighted by Gasteiger charge is -2.03. The summed E-state index contributed by atoms with van der Waals surface area (Å²) in [6.07, 6.45) is 4.84. The van der Waals surface area contributed by atoms with Crippen LogP contribution in [0.2, 0.25) is 0 Å². The summed E-state index contributed by atoms with van der Waals surface area (Å²) < 4.78 is 1.87. The Kier molecular flexibility index (Phi) is 2.82. The number of aliphatic hydroxyl groups is 1. The molecular weight excluding hydrogens is 206 g/mol. The van der Waals surface area contributed by atoms with Crippen molar-refractivity contribution < 1.29 is 5.11 Å². The minimum atomic E-state index is 0.0373. The number of aromatic nitrogens is 4. The van der Waals surface area contributed by atoms with Gasteiger partial charge in [-0.2, -0.15) is 0 Å². The van der Waals surface area contributed by atoms with Crippen molar-refractivity contribution in [3.63, 3.8) is 0 Å². The van der Waals surface area contributed by atoms with Crippen molar-refractivity contribution in [1.29, 1.82) is 0 Å². The lowest BCUT2D eigenvalue weighted by atomic mass is 10.3. The zero-order valence-corrected chi connectivity index (χ0v) is 8.96. The third-order valence-corrected chi connectivity index (χ3v) is 2.29. The largest absolute Gasteiger partial charge is 0.392 e. The van der Waals surface area contributed by atoms with Gasteiger partial charge in [-0.15, -0.1) is 0 Å². The highest BCUT2D eigenvalue weighted by molar-refractivity contribution is 5.81. The van der Waals surface area contributed by atoms with Gasteiger partial charge in [0.1, 0.15) is 11.8 Å². The molecular formula is C10H13N5O. The Morgan fingerprint density at radius 1 is 1.50 bits per heavy atom. The van der Waals surface area contributed by atoms with Crippen molar-refractivity contribution in [2.75, 3.05) is 12.3 Å². The molecule has 2 rings (SSSR count). The van der Waals surface area contributed by atoms with E-state index in [2.05, 4.69) is 15.0 Å². The van der Waals surface area contributed by atoms with Gasteiger partial charge in [0.25, 0.3) is 0 Å². The van der Waals surface area contributed by atoms with Gasteiger partial charge in [-0.1, -0.05) is 11.6 Å². The van der Waals surface area contributed by atoms with Crippen LogP contribution in [0.25, 0.3) is 11.2 Å². The normalized spacial score (nSPS) is 12.2. The highest BCUT2D eigenvalue weighted by Gasteiger charge is 2.07. The zero-order chi connectivity index (χ0) is 11.5. The Morgan fingerprint density at radius 2 is 2.31 bits per heavy atom. The van der Waals surface area contributed by atoms with Gasteiger partial charge >= 0.3 is 0 Å². The second-order valence-corrected chi connectivity index (χ2v) is 3.54. The number of anilines is 1. The molecule has 6 nitrogen and oxygen atoms in total. The van der Waals surface area contributed by atoms with E-state index in [4.69, 9.17) is 10.8 Å². The molecule has 0 bridgehead atoms. The number of aliphatic hydroxyl groups excluding tert-OH is 1. The summed E-state index contributed by atoms with van der Waals surface area (Å²) in [6, 6.07) is 0. The molecule has 2 heterocycles. The Labute approximate surface area is 92.5 Å². The highest BCUT2D eigenvalue weighted by atomic mass is 16.2. The molecule has 0 saturated heterocycles. The molecule has 2 aromatic rings. The fraction of sp³-hybridized carbons (Fsp3) is 0.300. The minimum absolute atomic E-state index is 0.0373. The Balaban J connectivity index is 2.39. The lowest BCUT2D eigenvalue weighted by molar-refractivity contribution is 0.341. The third kappa shape index (κ3) is 1.87. The third-order valence-electron chi connectivity index (χ3n) is 2.29. The number of fused-ring (bicyclic) bond motifs is 1. The molecule has 0 unspecified atom stereocenters. The fourth-order valence-corrected chi connectivity index (χ4v) is 1.50. The van der Waals surface area contributed by atoms with Crippen LogP contribution in [0, 0.1) is 0 Å². The molecule has 0 saturated carbocycles. The molecule has 0 spiro atoms. The summed E-state index contributed by atoms with van der Waals surface area (Å²) in [5.41, 5.74) is 8.04. The van der Waals surface area contributed by atoms with E-state index >= 15 is 0 Å². The number of imidazole rings is 1. The molecule has 2 aromatic heterocycles. The molecule has 0 fully saturated rings. The number of hydrogen-bond acceptors (Lipinski definition) is 5. The van der Waals surface area contributed by atoms with Crippen LogP contribution < -0.4 is 5.73 Å². The maximum absolute atomic E-state index is 8.78. The van der Waals surface area contributed by atoms with Crippen LogP contribution in [0.3, 0.4) is 0 Å². The molecule has 0 atom stereocenters. The van der Waals surface area contributed by atoms with E-state index in [1.165, 1.54) is 6.33 Å². The van der Waals surface area contributed by atoms with Crippen molar-refractivity contribution in [1.82, 2.24) is 19.5 Å². The van der Waals surface area contributed by atoms with E-state index in [1.807, 2.05) is 11.5 Å². The fourth-order valence-electron chi connectivity index (χ4n) is 1.50. The van der Waals surface area contributed by atoms with Gasteiger partial charge in [0.15, 0.2) is 11.5 Å². The SMILES string of the molecule is C/C(=C\CO)Cn1cnc2c(N)ncnc21. The first-order valence-corrected chi connectivity index (χ1v) is 4.90. The van der Waals surface area contributed by atoms with E-state index in [9.17, 15) is 0 Å². The van der Waals surface area contributed by atoms with Crippen molar-refractivity contribution in [3.8, 4) is 0 Å². The average molecular weight is 219 g/mol. The van der Waals surface area contributed by atoms with E-state index in [0.29, 0.717) is 23.5 Å². The van der Waals surface area contributed by atoms with Gasteiger partial charge < -0.3 is 15.4 Å². The lowest BCUT2D eigenvalue weighted by Crippen LogP contribution is -2.00. The molecule has 0 aliphatic rings. The quantitative estimate of drug-likeness (QED) is 0.727. The topological polar surface area (TPSA) is 89.8 Å². The molecule has 16 heavy (non-hydrogen) atoms. The predicted molar refractivity (Wildman–Crippen MR) is 60.6 cm³/mol. The maximum Gasteiger partial charge on any atom is 0.165 e. The Hall–Kier alpha value is -1.95. The van der Waals surface area contributed by atoms with E-state index in [0.717, 1.165) is 5.57 Å². The first-order chi connectivity index (χ1) is 7.72. The van der Waals surface area contributed by atoms with Gasteiger partial charge in [0.2, 0.25) is 0 Å². The molecule has 0 aliphatic heterocycles. The van der Waals surface area contributed by atoms with Crippen molar-refractivity contribution in [3.05, 3.63) is 24.3 Å². The molecule has 0 amide bonds. The Bertz CT molecular complexity index is 531. The number of nitrogens with two attached hydrogens (primary N) is 1. The molecule has 0 aliphatic carbocycles. The predicted octanol–water partition coefficient (Wildman–Crippen LogP) is 0.347. The van der Waals surface area contributed by atoms with E-state index in [1.54, 1.807) is 12.4 Å². The number of rotatable bonds is 3. The van der Waals surface area contributed by atoms with Crippen LogP contribution in [-0.4, -0.2) is 31.2 Å². The van der Waals surface area contributed by atoms with Gasteiger partial charge in [-0.25, -0.2) is 15.0 Å². The Morgan fingerprint density at radius 3 is 3.06 bits per heavy atom. The first kappa shape index (κ1) is 10.6. The van der Waals surface area contributed by atoms with Crippen molar-refractivity contribution in [2.24, 2.45) is 0 Å². The molecule has 84 valence electrons. The van der Waals surface area contributed by atoms with E-state index in [-0.39, 0.29) is 6.61 Å². The second kappa shape index (κ2) is 4.28. The molecule has 0 aromatic carbocycles. The number of allylic oxidation sites excluding steroid dienone is 1. The van der Waals surface area contributed by atoms with Crippen LogP contribution in [0.1, 0.15) is 6.92 Å². The summed E-state index contributed by atoms with van der Waals surface area (Å²) in [7, 11) is 0. The summed E-state index contributed by atoms with van der Waals surface area (Å²) in [6.45, 7) is 2.61. The molecule has 6 heteroatoms. The monoisotopic (exact) mass is 219 g/mol. The number of nitrogens with zero attached hydrogens (tertiary/aromatic N) is 4. The second-order valence-electron chi connectivity index (χ2n) is 3.54. The van der Waals surface area contributed by atoms with Gasteiger partial charge in [0.05, 0.1) is 12.9 Å². The molecule has 0 radical (unpaired) electrons. The maximum atomic E-state index is 8.78. The van der Waals surface area contributed by atoms with Crippen molar-refractivity contribution >= 4 is 17.0 Å². The van der Waals surface area contributed by atoms with Gasteiger partial charge in [0, 0.05) is 6.54 Å². The summed E-state index contributed by atoms with van der Waals surface area (Å²) in [5.74, 6) is 0.382. The van der Waals surface area contributed by atoms with Crippen molar-refractivity contribution in [2.45, 2.75) is 13.5 Å². The van der Waals surface area contributed by atoms with E-state index < -0.39 is 0 Å². The summed E-state index contributed by atoms with van der Waals surface area (Å²) >= 11 is 0. The summed E-state index contributed by atoms with van der Waals surface area (Å²) in [5, 5.41) is 8.78. The minimum Gasteiger partial charge on any atom is -0.392 e. The average Bonchev–Trinajstić information content (AvgIpc) is 2.64.